The van der Waals surface area contributed by atoms with E-state index in [0.29, 0.717) is 37.8 Å². The van der Waals surface area contributed by atoms with Crippen LogP contribution in [0, 0.1) is 13.8 Å². The van der Waals surface area contributed by atoms with Crippen LogP contribution in [0.4, 0.5) is 5.95 Å². The maximum Gasteiger partial charge on any atom is 0.255 e. The van der Waals surface area contributed by atoms with Crippen LogP contribution < -0.4 is 10.5 Å². The number of rotatable bonds is 2. The van der Waals surface area contributed by atoms with Gasteiger partial charge in [0.1, 0.15) is 0 Å². The number of hydrogen-bond acceptors (Lipinski definition) is 6. The Hall–Kier alpha value is -2.74. The van der Waals surface area contributed by atoms with Crippen molar-refractivity contribution in [2.75, 3.05) is 44.3 Å². The standard InChI is InChI=1S/C23H29N5O3/c1-15-13-17(14-24-16(15)2)21(30)27-7-5-23(6-8-27)4-3-18-19(23)25-22(26-20(18)29)28-9-11-31-12-10-28/h13-14H,3-12H2,1-2H3,(H,25,26,29). The monoisotopic (exact) mass is 423 g/mol. The number of fused-ring (bicyclic) bond motifs is 2. The van der Waals surface area contributed by atoms with Crippen molar-refractivity contribution in [3.63, 3.8) is 0 Å². The average molecular weight is 424 g/mol. The molecule has 2 saturated heterocycles. The van der Waals surface area contributed by atoms with E-state index in [9.17, 15) is 9.59 Å². The highest BCUT2D eigenvalue weighted by Gasteiger charge is 2.45. The van der Waals surface area contributed by atoms with E-state index in [4.69, 9.17) is 9.72 Å². The number of H-pyrrole nitrogens is 1. The van der Waals surface area contributed by atoms with Crippen LogP contribution in [-0.4, -0.2) is 65.2 Å². The number of hydrogen-bond donors (Lipinski definition) is 1. The van der Waals surface area contributed by atoms with E-state index in [1.807, 2.05) is 24.8 Å². The third kappa shape index (κ3) is 3.52. The molecule has 2 aromatic heterocycles. The molecule has 1 aliphatic carbocycles. The normalized spacial score (nSPS) is 20.2. The van der Waals surface area contributed by atoms with Gasteiger partial charge in [-0.05, 0) is 51.2 Å². The fourth-order valence-electron chi connectivity index (χ4n) is 5.13. The fourth-order valence-corrected chi connectivity index (χ4v) is 5.13. The number of carbonyl (C=O) groups excluding carboxylic acids is 1. The van der Waals surface area contributed by atoms with E-state index in [0.717, 1.165) is 61.3 Å². The van der Waals surface area contributed by atoms with Crippen LogP contribution in [-0.2, 0) is 16.6 Å². The van der Waals surface area contributed by atoms with Crippen LogP contribution in [0.5, 0.6) is 0 Å². The topological polar surface area (TPSA) is 91.4 Å². The summed E-state index contributed by atoms with van der Waals surface area (Å²) in [5.74, 6) is 0.699. The summed E-state index contributed by atoms with van der Waals surface area (Å²) in [7, 11) is 0. The Morgan fingerprint density at radius 3 is 2.58 bits per heavy atom. The van der Waals surface area contributed by atoms with Gasteiger partial charge in [0.15, 0.2) is 0 Å². The maximum atomic E-state index is 13.0. The molecule has 1 N–H and O–H groups in total. The Labute approximate surface area is 181 Å². The van der Waals surface area contributed by atoms with Crippen molar-refractivity contribution in [2.24, 2.45) is 0 Å². The molecule has 2 fully saturated rings. The number of likely N-dealkylation sites (tertiary alicyclic amines) is 1. The van der Waals surface area contributed by atoms with E-state index in [-0.39, 0.29) is 16.9 Å². The first-order chi connectivity index (χ1) is 15.0. The molecule has 0 aromatic carbocycles. The van der Waals surface area contributed by atoms with Gasteiger partial charge in [0.25, 0.3) is 11.5 Å². The van der Waals surface area contributed by atoms with Gasteiger partial charge < -0.3 is 14.5 Å². The van der Waals surface area contributed by atoms with Crippen LogP contribution in [0.3, 0.4) is 0 Å². The first-order valence-electron chi connectivity index (χ1n) is 11.2. The predicted octanol–water partition coefficient (Wildman–Crippen LogP) is 1.74. The second-order valence-corrected chi connectivity index (χ2v) is 9.01. The zero-order valence-corrected chi connectivity index (χ0v) is 18.2. The number of pyridine rings is 1. The molecule has 8 heteroatoms. The zero-order valence-electron chi connectivity index (χ0n) is 18.2. The van der Waals surface area contributed by atoms with Crippen molar-refractivity contribution in [2.45, 2.75) is 44.9 Å². The number of morpholine rings is 1. The number of nitrogens with zero attached hydrogens (tertiary/aromatic N) is 4. The number of aromatic nitrogens is 3. The van der Waals surface area contributed by atoms with Gasteiger partial charge in [0.2, 0.25) is 5.95 Å². The molecule has 2 aromatic rings. The van der Waals surface area contributed by atoms with Crippen LogP contribution in [0.1, 0.15) is 52.1 Å². The lowest BCUT2D eigenvalue weighted by Gasteiger charge is -2.39. The number of aryl methyl sites for hydroxylation is 2. The van der Waals surface area contributed by atoms with Gasteiger partial charge in [-0.2, -0.15) is 0 Å². The lowest BCUT2D eigenvalue weighted by molar-refractivity contribution is 0.0663. The smallest absolute Gasteiger partial charge is 0.255 e. The first kappa shape index (κ1) is 20.2. The summed E-state index contributed by atoms with van der Waals surface area (Å²) in [4.78, 5) is 42.1. The summed E-state index contributed by atoms with van der Waals surface area (Å²) in [6, 6.07) is 1.93. The van der Waals surface area contributed by atoms with Crippen molar-refractivity contribution in [3.8, 4) is 0 Å². The molecule has 0 atom stereocenters. The summed E-state index contributed by atoms with van der Waals surface area (Å²) in [5.41, 5.74) is 4.29. The summed E-state index contributed by atoms with van der Waals surface area (Å²) < 4.78 is 5.44. The molecule has 0 unspecified atom stereocenters. The van der Waals surface area contributed by atoms with E-state index < -0.39 is 0 Å². The second-order valence-electron chi connectivity index (χ2n) is 9.01. The Morgan fingerprint density at radius 2 is 1.87 bits per heavy atom. The SMILES string of the molecule is Cc1cc(C(=O)N2CCC3(CCc4c3nc(N3CCOCC3)[nH]c4=O)CC2)cnc1C. The number of carbonyl (C=O) groups is 1. The van der Waals surface area contributed by atoms with Crippen molar-refractivity contribution < 1.29 is 9.53 Å². The van der Waals surface area contributed by atoms with Crippen LogP contribution in [0.15, 0.2) is 17.1 Å². The van der Waals surface area contributed by atoms with Gasteiger partial charge in [0, 0.05) is 49.0 Å². The Morgan fingerprint density at radius 1 is 1.13 bits per heavy atom. The highest BCUT2D eigenvalue weighted by molar-refractivity contribution is 5.94. The fraction of sp³-hybridized carbons (Fsp3) is 0.565. The molecule has 0 bridgehead atoms. The summed E-state index contributed by atoms with van der Waals surface area (Å²) >= 11 is 0. The number of amides is 1. The van der Waals surface area contributed by atoms with Crippen molar-refractivity contribution in [3.05, 3.63) is 50.7 Å². The third-order valence-electron chi connectivity index (χ3n) is 7.26. The molecule has 4 heterocycles. The molecule has 1 amide bonds. The van der Waals surface area contributed by atoms with E-state index in [1.165, 1.54) is 0 Å². The molecular formula is C23H29N5O3. The molecule has 8 nitrogen and oxygen atoms in total. The van der Waals surface area contributed by atoms with Crippen LogP contribution in [0.25, 0.3) is 0 Å². The van der Waals surface area contributed by atoms with Crippen molar-refractivity contribution >= 4 is 11.9 Å². The molecule has 164 valence electrons. The van der Waals surface area contributed by atoms with Gasteiger partial charge in [0.05, 0.1) is 24.5 Å². The lowest BCUT2D eigenvalue weighted by atomic mass is 9.76. The second kappa shape index (κ2) is 7.75. The minimum atomic E-state index is -0.108. The Bertz CT molecular complexity index is 1070. The number of anilines is 1. The van der Waals surface area contributed by atoms with Gasteiger partial charge >= 0.3 is 0 Å². The van der Waals surface area contributed by atoms with Crippen molar-refractivity contribution in [1.82, 2.24) is 19.9 Å². The van der Waals surface area contributed by atoms with E-state index >= 15 is 0 Å². The molecule has 0 radical (unpaired) electrons. The maximum absolute atomic E-state index is 13.0. The van der Waals surface area contributed by atoms with Gasteiger partial charge in [-0.15, -0.1) is 0 Å². The minimum absolute atomic E-state index is 0.0110. The predicted molar refractivity (Wildman–Crippen MR) is 117 cm³/mol. The quantitative estimate of drug-likeness (QED) is 0.791. The lowest BCUT2D eigenvalue weighted by Crippen LogP contribution is -2.45. The van der Waals surface area contributed by atoms with Gasteiger partial charge in [-0.3, -0.25) is 19.6 Å². The molecule has 31 heavy (non-hydrogen) atoms. The van der Waals surface area contributed by atoms with E-state index in [1.54, 1.807) is 6.20 Å². The number of nitrogens with one attached hydrogen (secondary N) is 1. The van der Waals surface area contributed by atoms with Crippen molar-refractivity contribution in [1.29, 1.82) is 0 Å². The molecule has 1 spiro atoms. The third-order valence-corrected chi connectivity index (χ3v) is 7.26. The summed E-state index contributed by atoms with van der Waals surface area (Å²) in [6.07, 6.45) is 5.04. The molecular weight excluding hydrogens is 394 g/mol. The number of ether oxygens (including phenoxy) is 1. The molecule has 2 aliphatic heterocycles. The first-order valence-corrected chi connectivity index (χ1v) is 11.2. The number of piperidine rings is 1. The van der Waals surface area contributed by atoms with Gasteiger partial charge in [-0.1, -0.05) is 0 Å². The van der Waals surface area contributed by atoms with Crippen LogP contribution >= 0.6 is 0 Å². The Kier molecular flexibility index (Phi) is 5.04. The zero-order chi connectivity index (χ0) is 21.6. The largest absolute Gasteiger partial charge is 0.378 e. The van der Waals surface area contributed by atoms with Crippen LogP contribution in [0.2, 0.25) is 0 Å². The highest BCUT2D eigenvalue weighted by atomic mass is 16.5. The molecule has 0 saturated carbocycles. The highest BCUT2D eigenvalue weighted by Crippen LogP contribution is 2.44. The summed E-state index contributed by atoms with van der Waals surface area (Å²) in [5, 5.41) is 0. The molecule has 3 aliphatic rings. The Balaban J connectivity index is 1.36. The average Bonchev–Trinajstić information content (AvgIpc) is 3.15. The van der Waals surface area contributed by atoms with Gasteiger partial charge in [-0.25, -0.2) is 4.98 Å². The summed E-state index contributed by atoms with van der Waals surface area (Å²) in [6.45, 7) is 8.05. The molecule has 5 rings (SSSR count). The number of aromatic amines is 1. The minimum Gasteiger partial charge on any atom is -0.378 e. The van der Waals surface area contributed by atoms with E-state index in [2.05, 4.69) is 14.9 Å².